The molecule has 3 N–H and O–H groups in total. The fraction of sp³-hybridized carbons (Fsp3) is 0. The monoisotopic (exact) mass is 602 g/mol. The zero-order valence-electron chi connectivity index (χ0n) is 22.7. The molecule has 11 heteroatoms. The quantitative estimate of drug-likeness (QED) is 0.155. The predicted octanol–water partition coefficient (Wildman–Crippen LogP) is 6.29. The molecule has 0 aromatic carbocycles. The van der Waals surface area contributed by atoms with E-state index in [-0.39, 0.29) is 0 Å². The molecule has 216 valence electrons. The first kappa shape index (κ1) is 29.4. The Labute approximate surface area is 254 Å². The summed E-state index contributed by atoms with van der Waals surface area (Å²) < 4.78 is 0. The zero-order chi connectivity index (χ0) is 31.1. The highest BCUT2D eigenvalue weighted by Crippen LogP contribution is 2.30. The van der Waals surface area contributed by atoms with Gasteiger partial charge in [-0.2, -0.15) is 0 Å². The summed E-state index contributed by atoms with van der Waals surface area (Å²) in [4.78, 5) is 53.1. The SMILES string of the molecule is O=C(O)/C=C/c1ccnc(-c2cc(/C=C/C(=O)O)cc(-c3cc(/C=C/C(=O)O)cc(-c4cc(-c5cccs5)ccn4)n3)n2)c1. The summed E-state index contributed by atoms with van der Waals surface area (Å²) in [6, 6.07) is 17.7. The van der Waals surface area contributed by atoms with Gasteiger partial charge in [0.05, 0.1) is 34.2 Å². The van der Waals surface area contributed by atoms with Gasteiger partial charge in [0.1, 0.15) is 0 Å². The Balaban J connectivity index is 1.67. The topological polar surface area (TPSA) is 163 Å². The molecule has 0 atom stereocenters. The van der Waals surface area contributed by atoms with Crippen LogP contribution in [-0.2, 0) is 14.4 Å². The van der Waals surface area contributed by atoms with Gasteiger partial charge in [-0.1, -0.05) is 6.07 Å². The van der Waals surface area contributed by atoms with Gasteiger partial charge in [0.25, 0.3) is 0 Å². The summed E-state index contributed by atoms with van der Waals surface area (Å²) in [5.41, 5.74) is 5.12. The third-order valence-electron chi connectivity index (χ3n) is 6.09. The van der Waals surface area contributed by atoms with Gasteiger partial charge in [-0.3, -0.25) is 9.97 Å². The lowest BCUT2D eigenvalue weighted by molar-refractivity contribution is -0.132. The van der Waals surface area contributed by atoms with Crippen LogP contribution in [0.25, 0.3) is 62.8 Å². The van der Waals surface area contributed by atoms with Crippen LogP contribution in [0.1, 0.15) is 16.7 Å². The highest BCUT2D eigenvalue weighted by Gasteiger charge is 2.13. The normalized spacial score (nSPS) is 11.5. The molecule has 0 unspecified atom stereocenters. The maximum absolute atomic E-state index is 11.3. The molecule has 0 aliphatic rings. The van der Waals surface area contributed by atoms with Crippen LogP contribution >= 0.6 is 11.3 Å². The van der Waals surface area contributed by atoms with Gasteiger partial charge >= 0.3 is 17.9 Å². The van der Waals surface area contributed by atoms with E-state index in [1.807, 2.05) is 29.6 Å². The van der Waals surface area contributed by atoms with Crippen LogP contribution < -0.4 is 0 Å². The summed E-state index contributed by atoms with van der Waals surface area (Å²) >= 11 is 1.59. The number of thiophene rings is 1. The summed E-state index contributed by atoms with van der Waals surface area (Å²) in [5.74, 6) is -3.35. The lowest BCUT2D eigenvalue weighted by Crippen LogP contribution is -1.98. The third kappa shape index (κ3) is 7.60. The Morgan fingerprint density at radius 2 is 1.02 bits per heavy atom. The maximum Gasteiger partial charge on any atom is 0.328 e. The lowest BCUT2D eigenvalue weighted by atomic mass is 10.1. The van der Waals surface area contributed by atoms with E-state index in [1.54, 1.807) is 53.9 Å². The molecule has 5 rings (SSSR count). The van der Waals surface area contributed by atoms with Crippen molar-refractivity contribution in [2.75, 3.05) is 0 Å². The van der Waals surface area contributed by atoms with Gasteiger partial charge in [-0.15, -0.1) is 11.3 Å². The molecular weight excluding hydrogens is 580 g/mol. The van der Waals surface area contributed by atoms with Crippen LogP contribution in [0.4, 0.5) is 0 Å². The molecule has 5 aromatic heterocycles. The van der Waals surface area contributed by atoms with E-state index in [9.17, 15) is 24.6 Å². The standard InChI is InChI=1S/C33H22N4O6S/c38-31(39)6-3-20-9-11-34-24(14-20)26-15-21(4-7-32(40)41)17-28(36-26)29-18-22(5-8-33(42)43)16-27(37-29)25-19-23(10-12-35-25)30-2-1-13-44-30/h1-19H,(H,38,39)(H,40,41)(H,42,43)/b6-3+,7-4+,8-5+. The van der Waals surface area contributed by atoms with E-state index in [0.717, 1.165) is 28.7 Å². The second kappa shape index (κ2) is 13.3. The van der Waals surface area contributed by atoms with Gasteiger partial charge in [0.15, 0.2) is 0 Å². The number of carboxylic acid groups (broad SMARTS) is 3. The van der Waals surface area contributed by atoms with Crippen LogP contribution in [0.3, 0.4) is 0 Å². The van der Waals surface area contributed by atoms with Crippen molar-refractivity contribution in [3.63, 3.8) is 0 Å². The van der Waals surface area contributed by atoms with Crippen molar-refractivity contribution < 1.29 is 29.7 Å². The summed E-state index contributed by atoms with van der Waals surface area (Å²) in [6.45, 7) is 0. The minimum Gasteiger partial charge on any atom is -0.478 e. The molecule has 44 heavy (non-hydrogen) atoms. The largest absolute Gasteiger partial charge is 0.478 e. The second-order valence-corrected chi connectivity index (χ2v) is 10.2. The van der Waals surface area contributed by atoms with Crippen LogP contribution in [0, 0.1) is 0 Å². The number of pyridine rings is 4. The third-order valence-corrected chi connectivity index (χ3v) is 7.01. The Morgan fingerprint density at radius 1 is 0.568 bits per heavy atom. The number of aromatic nitrogens is 4. The number of hydrogen-bond acceptors (Lipinski definition) is 8. The number of carboxylic acids is 3. The van der Waals surface area contributed by atoms with E-state index < -0.39 is 17.9 Å². The first-order valence-corrected chi connectivity index (χ1v) is 13.9. The van der Waals surface area contributed by atoms with Crippen molar-refractivity contribution in [2.45, 2.75) is 0 Å². The van der Waals surface area contributed by atoms with Crippen molar-refractivity contribution in [3.05, 3.63) is 113 Å². The first-order chi connectivity index (χ1) is 21.2. The lowest BCUT2D eigenvalue weighted by Gasteiger charge is -2.11. The molecule has 5 heterocycles. The summed E-state index contributed by atoms with van der Waals surface area (Å²) in [6.07, 6.45) is 10.5. The van der Waals surface area contributed by atoms with E-state index in [1.165, 1.54) is 24.4 Å². The van der Waals surface area contributed by atoms with Crippen molar-refractivity contribution in [2.24, 2.45) is 0 Å². The Kier molecular flexibility index (Phi) is 8.88. The fourth-order valence-electron chi connectivity index (χ4n) is 4.18. The molecule has 5 aromatic rings. The molecule has 0 aliphatic carbocycles. The zero-order valence-corrected chi connectivity index (χ0v) is 23.5. The molecule has 0 saturated heterocycles. The van der Waals surface area contributed by atoms with Crippen molar-refractivity contribution >= 4 is 47.5 Å². The molecular formula is C33H22N4O6S. The Hall–Kier alpha value is -6.07. The highest BCUT2D eigenvalue weighted by atomic mass is 32.1. The smallest absolute Gasteiger partial charge is 0.328 e. The first-order valence-electron chi connectivity index (χ1n) is 13.0. The number of carbonyl (C=O) groups is 3. The summed E-state index contributed by atoms with van der Waals surface area (Å²) in [7, 11) is 0. The number of hydrogen-bond donors (Lipinski definition) is 3. The highest BCUT2D eigenvalue weighted by molar-refractivity contribution is 7.13. The van der Waals surface area contributed by atoms with Crippen LogP contribution in [0.5, 0.6) is 0 Å². The van der Waals surface area contributed by atoms with E-state index >= 15 is 0 Å². The summed E-state index contributed by atoms with van der Waals surface area (Å²) in [5, 5.41) is 29.5. The van der Waals surface area contributed by atoms with Gasteiger partial charge in [0.2, 0.25) is 0 Å². The van der Waals surface area contributed by atoms with E-state index in [0.29, 0.717) is 50.9 Å². The molecule has 0 bridgehead atoms. The van der Waals surface area contributed by atoms with Crippen molar-refractivity contribution in [1.82, 2.24) is 19.9 Å². The van der Waals surface area contributed by atoms with Crippen LogP contribution in [-0.4, -0.2) is 53.2 Å². The van der Waals surface area contributed by atoms with Gasteiger partial charge in [-0.05, 0) is 100 Å². The minimum absolute atomic E-state index is 0.363. The molecule has 0 spiro atoms. The van der Waals surface area contributed by atoms with Gasteiger partial charge < -0.3 is 15.3 Å². The molecule has 0 fully saturated rings. The van der Waals surface area contributed by atoms with Crippen LogP contribution in [0.15, 0.2) is 96.7 Å². The molecule has 10 nitrogen and oxygen atoms in total. The number of nitrogens with zero attached hydrogens (tertiary/aromatic N) is 4. The van der Waals surface area contributed by atoms with Crippen molar-refractivity contribution in [3.8, 4) is 44.6 Å². The maximum atomic E-state index is 11.3. The van der Waals surface area contributed by atoms with E-state index in [2.05, 4.69) is 9.97 Å². The number of aliphatic carboxylic acids is 3. The van der Waals surface area contributed by atoms with Crippen LogP contribution in [0.2, 0.25) is 0 Å². The Bertz CT molecular complexity index is 1970. The predicted molar refractivity (Wildman–Crippen MR) is 167 cm³/mol. The average molecular weight is 603 g/mol. The minimum atomic E-state index is -1.14. The average Bonchev–Trinajstić information content (AvgIpc) is 3.57. The van der Waals surface area contributed by atoms with Gasteiger partial charge in [-0.25, -0.2) is 24.4 Å². The molecule has 0 radical (unpaired) electrons. The Morgan fingerprint density at radius 3 is 1.52 bits per heavy atom. The molecule has 0 aliphatic heterocycles. The van der Waals surface area contributed by atoms with Crippen molar-refractivity contribution in [1.29, 1.82) is 0 Å². The van der Waals surface area contributed by atoms with Gasteiger partial charge in [0, 0.05) is 35.5 Å². The van der Waals surface area contributed by atoms with E-state index in [4.69, 9.17) is 15.1 Å². The fourth-order valence-corrected chi connectivity index (χ4v) is 4.90. The number of rotatable bonds is 10. The second-order valence-electron chi connectivity index (χ2n) is 9.24. The molecule has 0 amide bonds. The molecule has 0 saturated carbocycles.